The van der Waals surface area contributed by atoms with Gasteiger partial charge in [0.05, 0.1) is 0 Å². The average molecular weight is 218 g/mol. The first-order valence-corrected chi connectivity index (χ1v) is 5.53. The van der Waals surface area contributed by atoms with Gasteiger partial charge in [0, 0.05) is 0 Å². The Morgan fingerprint density at radius 1 is 1.17 bits per heavy atom. The Morgan fingerprint density at radius 2 is 1.42 bits per heavy atom. The van der Waals surface area contributed by atoms with Gasteiger partial charge in [0.1, 0.15) is 12.2 Å². The van der Waals surface area contributed by atoms with Crippen molar-refractivity contribution in [2.24, 2.45) is 0 Å². The molecule has 0 aliphatic carbocycles. The summed E-state index contributed by atoms with van der Waals surface area (Å²) in [6, 6.07) is 0. The molecule has 0 amide bonds. The molecule has 0 heterocycles. The van der Waals surface area contributed by atoms with Gasteiger partial charge in [-0.2, -0.15) is 0 Å². The van der Waals surface area contributed by atoms with Crippen LogP contribution in [-0.2, 0) is 27.7 Å². The normalized spacial score (nSPS) is 9.75. The van der Waals surface area contributed by atoms with Crippen LogP contribution in [0.4, 0.5) is 0 Å². The fourth-order valence-corrected chi connectivity index (χ4v) is 0.213. The summed E-state index contributed by atoms with van der Waals surface area (Å²) in [5.74, 6) is -1.37. The van der Waals surface area contributed by atoms with Crippen LogP contribution in [0.1, 0.15) is 13.3 Å². The molecular formula is C4H10O7Ti. The molecule has 0 spiro atoms. The van der Waals surface area contributed by atoms with Crippen molar-refractivity contribution < 1.29 is 47.6 Å². The molecule has 0 aromatic heterocycles. The fourth-order valence-electron chi connectivity index (χ4n) is 0.213. The number of aliphatic carboxylic acids is 1. The first-order chi connectivity index (χ1) is 5.13. The second-order valence-electron chi connectivity index (χ2n) is 1.87. The van der Waals surface area contributed by atoms with E-state index in [9.17, 15) is 9.59 Å². The van der Waals surface area contributed by atoms with Gasteiger partial charge < -0.3 is 5.11 Å². The van der Waals surface area contributed by atoms with Crippen LogP contribution in [0.3, 0.4) is 0 Å². The Morgan fingerprint density at radius 3 is 1.42 bits per heavy atom. The zero-order valence-corrected chi connectivity index (χ0v) is 7.82. The van der Waals surface area contributed by atoms with Gasteiger partial charge in [-0.05, 0) is 6.92 Å². The number of carboxylic acids is 1. The van der Waals surface area contributed by atoms with Crippen LogP contribution in [0.25, 0.3) is 0 Å². The summed E-state index contributed by atoms with van der Waals surface area (Å²) < 4.78 is 29.5. The third-order valence-corrected chi connectivity index (χ3v) is 0.400. The zero-order chi connectivity index (χ0) is 10.4. The molecule has 0 fully saturated rings. The molecule has 0 bridgehead atoms. The number of hydrogen-bond acceptors (Lipinski definition) is 6. The molecule has 7 nitrogen and oxygen atoms in total. The van der Waals surface area contributed by atoms with Gasteiger partial charge in [0.2, 0.25) is 0 Å². The summed E-state index contributed by atoms with van der Waals surface area (Å²) in [4.78, 5) is 19.5. The van der Waals surface area contributed by atoms with Crippen LogP contribution in [0, 0.1) is 0 Å². The molecule has 5 N–H and O–H groups in total. The van der Waals surface area contributed by atoms with Crippen LogP contribution in [0.2, 0.25) is 0 Å². The molecule has 0 unspecified atom stereocenters. The van der Waals surface area contributed by atoms with Crippen molar-refractivity contribution in [2.45, 2.75) is 13.3 Å². The third kappa shape index (κ3) is 53.7. The molecule has 0 aromatic carbocycles. The Kier molecular flexibility index (Phi) is 7.40. The van der Waals surface area contributed by atoms with E-state index < -0.39 is 24.1 Å². The quantitative estimate of drug-likeness (QED) is 0.262. The molecule has 12 heavy (non-hydrogen) atoms. The summed E-state index contributed by atoms with van der Waals surface area (Å²) in [6.07, 6.45) is -0.361. The number of Topliss-reactive ketones (excluding diaryl/α,β-unsaturated/α-hetero) is 1. The van der Waals surface area contributed by atoms with Gasteiger partial charge in [-0.15, -0.1) is 0 Å². The van der Waals surface area contributed by atoms with Crippen molar-refractivity contribution >= 4 is 11.8 Å². The first kappa shape index (κ1) is 14.2. The fraction of sp³-hybridized carbons (Fsp3) is 0.500. The van der Waals surface area contributed by atoms with Crippen molar-refractivity contribution in [1.29, 1.82) is 0 Å². The topological polar surface area (TPSA) is 135 Å². The van der Waals surface area contributed by atoms with Crippen LogP contribution in [0.15, 0.2) is 0 Å². The molecular weight excluding hydrogens is 208 g/mol. The van der Waals surface area contributed by atoms with Gasteiger partial charge in [0.25, 0.3) is 0 Å². The van der Waals surface area contributed by atoms with Crippen molar-refractivity contribution in [2.75, 3.05) is 0 Å². The van der Waals surface area contributed by atoms with Crippen LogP contribution in [-0.4, -0.2) is 31.6 Å². The molecule has 8 heteroatoms. The number of rotatable bonds is 2. The maximum absolute atomic E-state index is 9.87. The number of carbonyl (C=O) groups excluding carboxylic acids is 1. The Hall–Kier alpha value is -0.306. The molecule has 0 atom stereocenters. The number of carbonyl (C=O) groups is 2. The summed E-state index contributed by atoms with van der Waals surface area (Å²) in [5, 5.41) is 7.86. The summed E-state index contributed by atoms with van der Waals surface area (Å²) >= 11 is -5.00. The van der Waals surface area contributed by atoms with Gasteiger partial charge in [-0.1, -0.05) is 0 Å². The standard InChI is InChI=1S/C4H6O3.4H2O.Ti/c1-3(5)2-4(6)7;;;;;/h2H2,1H3,(H,6,7);4*1H2;/q;;;;;+4/p-4. The van der Waals surface area contributed by atoms with Crippen molar-refractivity contribution in [3.63, 3.8) is 0 Å². The minimum atomic E-state index is -5.00. The Balaban J connectivity index is 0. The molecule has 0 aliphatic heterocycles. The van der Waals surface area contributed by atoms with E-state index in [1.165, 1.54) is 6.92 Å². The molecule has 72 valence electrons. The van der Waals surface area contributed by atoms with Crippen molar-refractivity contribution in [3.05, 3.63) is 0 Å². The maximum atomic E-state index is 9.87. The van der Waals surface area contributed by atoms with Crippen LogP contribution in [0.5, 0.6) is 0 Å². The zero-order valence-electron chi connectivity index (χ0n) is 6.26. The van der Waals surface area contributed by atoms with E-state index in [1.807, 2.05) is 0 Å². The molecule has 0 aromatic rings. The monoisotopic (exact) mass is 218 g/mol. The van der Waals surface area contributed by atoms with E-state index >= 15 is 0 Å². The second-order valence-corrected chi connectivity index (χ2v) is 3.75. The molecule has 0 saturated carbocycles. The number of carboxylic acid groups (broad SMARTS) is 1. The van der Waals surface area contributed by atoms with Crippen molar-refractivity contribution in [3.8, 4) is 0 Å². The third-order valence-electron chi connectivity index (χ3n) is 0.400. The number of hydrogen-bond donors (Lipinski definition) is 5. The molecule has 0 rings (SSSR count). The van der Waals surface area contributed by atoms with Crippen molar-refractivity contribution in [1.82, 2.24) is 0 Å². The summed E-state index contributed by atoms with van der Waals surface area (Å²) in [5.41, 5.74) is 0. The van der Waals surface area contributed by atoms with E-state index in [4.69, 9.17) is 19.9 Å². The van der Waals surface area contributed by atoms with E-state index in [1.54, 1.807) is 0 Å². The van der Waals surface area contributed by atoms with Gasteiger partial charge in [-0.25, -0.2) is 0 Å². The Bertz CT molecular complexity index is 141. The predicted octanol–water partition coefficient (Wildman–Crippen LogP) is -2.18. The van der Waals surface area contributed by atoms with E-state index in [2.05, 4.69) is 0 Å². The van der Waals surface area contributed by atoms with Gasteiger partial charge in [-0.3, -0.25) is 9.59 Å². The molecule has 0 radical (unpaired) electrons. The summed E-state index contributed by atoms with van der Waals surface area (Å²) in [6.45, 7) is 1.24. The molecule has 0 aliphatic rings. The van der Waals surface area contributed by atoms with Gasteiger partial charge in [0.15, 0.2) is 0 Å². The van der Waals surface area contributed by atoms with Crippen LogP contribution >= 0.6 is 0 Å². The SMILES string of the molecule is CC(=O)CC(=O)O.[OH][Ti]([OH])([OH])[OH]. The average Bonchev–Trinajstić information content (AvgIpc) is 1.52. The van der Waals surface area contributed by atoms with E-state index in [0.29, 0.717) is 0 Å². The van der Waals surface area contributed by atoms with Crippen LogP contribution < -0.4 is 0 Å². The Labute approximate surface area is 73.2 Å². The van der Waals surface area contributed by atoms with Gasteiger partial charge >= 0.3 is 38.9 Å². The molecule has 0 saturated heterocycles. The number of ketones is 1. The minimum absolute atomic E-state index is 0.312. The predicted molar refractivity (Wildman–Crippen MR) is 31.8 cm³/mol. The summed E-state index contributed by atoms with van der Waals surface area (Å²) in [7, 11) is 0. The van der Waals surface area contributed by atoms with E-state index in [-0.39, 0.29) is 12.2 Å². The second kappa shape index (κ2) is 6.24. The first-order valence-electron chi connectivity index (χ1n) is 2.73. The van der Waals surface area contributed by atoms with E-state index in [0.717, 1.165) is 0 Å².